The molecule has 1 amide bonds. The van der Waals surface area contributed by atoms with Crippen molar-refractivity contribution in [1.82, 2.24) is 5.32 Å². The first kappa shape index (κ1) is 11.7. The Hall–Kier alpha value is 0.200. The molecule has 0 aromatic rings. The molecule has 3 atom stereocenters. The van der Waals surface area contributed by atoms with Crippen LogP contribution in [-0.2, 0) is 4.79 Å². The number of carbonyl (C=O) groups excluding carboxylic acids is 1. The van der Waals surface area contributed by atoms with Gasteiger partial charge in [-0.2, -0.15) is 0 Å². The molecule has 2 nitrogen and oxygen atoms in total. The van der Waals surface area contributed by atoms with Gasteiger partial charge in [0, 0.05) is 17.4 Å². The van der Waals surface area contributed by atoms with Crippen molar-refractivity contribution >= 4 is 28.5 Å². The summed E-state index contributed by atoms with van der Waals surface area (Å²) in [6.07, 6.45) is 7.44. The molecule has 15 heavy (non-hydrogen) atoms. The molecular formula is C12H20INO. The molecule has 86 valence electrons. The summed E-state index contributed by atoms with van der Waals surface area (Å²) in [7, 11) is 0. The number of nitrogens with one attached hydrogen (secondary N) is 1. The number of halogens is 1. The van der Waals surface area contributed by atoms with Gasteiger partial charge in [0.25, 0.3) is 0 Å². The first-order chi connectivity index (χ1) is 7.29. The standard InChI is InChI=1S/C12H20INO/c13-4-1-5-14-12(15)8-11-7-9-2-3-10(11)6-9/h9-11H,1-8H2,(H,14,15). The lowest BCUT2D eigenvalue weighted by atomic mass is 9.86. The minimum absolute atomic E-state index is 0.289. The Morgan fingerprint density at radius 1 is 1.33 bits per heavy atom. The van der Waals surface area contributed by atoms with Crippen LogP contribution in [-0.4, -0.2) is 16.9 Å². The van der Waals surface area contributed by atoms with Gasteiger partial charge in [0.05, 0.1) is 0 Å². The van der Waals surface area contributed by atoms with E-state index in [1.165, 1.54) is 25.7 Å². The van der Waals surface area contributed by atoms with E-state index in [0.717, 1.165) is 35.6 Å². The summed E-state index contributed by atoms with van der Waals surface area (Å²) in [4.78, 5) is 11.6. The second-order valence-corrected chi connectivity index (χ2v) is 6.11. The first-order valence-corrected chi connectivity index (χ1v) is 7.65. The van der Waals surface area contributed by atoms with Crippen LogP contribution >= 0.6 is 22.6 Å². The molecule has 0 saturated heterocycles. The Bertz CT molecular complexity index is 232. The number of hydrogen-bond donors (Lipinski definition) is 1. The van der Waals surface area contributed by atoms with Crippen LogP contribution in [0.5, 0.6) is 0 Å². The number of carbonyl (C=O) groups is 1. The Balaban J connectivity index is 1.66. The maximum Gasteiger partial charge on any atom is 0.220 e. The Morgan fingerprint density at radius 3 is 2.80 bits per heavy atom. The van der Waals surface area contributed by atoms with Crippen molar-refractivity contribution in [2.24, 2.45) is 17.8 Å². The SMILES string of the molecule is O=C(CC1CC2CCC1C2)NCCCI. The zero-order chi connectivity index (χ0) is 10.7. The molecule has 0 radical (unpaired) electrons. The molecule has 2 aliphatic rings. The van der Waals surface area contributed by atoms with E-state index in [2.05, 4.69) is 27.9 Å². The van der Waals surface area contributed by atoms with Crippen molar-refractivity contribution in [3.05, 3.63) is 0 Å². The second-order valence-electron chi connectivity index (χ2n) is 5.03. The van der Waals surface area contributed by atoms with Gasteiger partial charge in [-0.25, -0.2) is 0 Å². The molecule has 3 heteroatoms. The van der Waals surface area contributed by atoms with Crippen molar-refractivity contribution < 1.29 is 4.79 Å². The van der Waals surface area contributed by atoms with E-state index >= 15 is 0 Å². The lowest BCUT2D eigenvalue weighted by Crippen LogP contribution is -2.28. The molecule has 2 rings (SSSR count). The fraction of sp³-hybridized carbons (Fsp3) is 0.917. The predicted octanol–water partition coefficient (Wildman–Crippen LogP) is 2.75. The third kappa shape index (κ3) is 3.08. The average molecular weight is 321 g/mol. The van der Waals surface area contributed by atoms with Gasteiger partial charge in [0.2, 0.25) is 5.91 Å². The van der Waals surface area contributed by atoms with Crippen LogP contribution in [0.15, 0.2) is 0 Å². The van der Waals surface area contributed by atoms with Crippen molar-refractivity contribution in [2.75, 3.05) is 11.0 Å². The van der Waals surface area contributed by atoms with E-state index in [4.69, 9.17) is 0 Å². The Morgan fingerprint density at radius 2 is 2.20 bits per heavy atom. The molecule has 0 aromatic carbocycles. The van der Waals surface area contributed by atoms with Gasteiger partial charge in [-0.15, -0.1) is 0 Å². The number of hydrogen-bond acceptors (Lipinski definition) is 1. The maximum atomic E-state index is 11.6. The minimum atomic E-state index is 0.289. The Kier molecular flexibility index (Phi) is 4.29. The lowest BCUT2D eigenvalue weighted by Gasteiger charge is -2.20. The topological polar surface area (TPSA) is 29.1 Å². The van der Waals surface area contributed by atoms with E-state index in [1.807, 2.05) is 0 Å². The molecule has 2 fully saturated rings. The van der Waals surface area contributed by atoms with Crippen molar-refractivity contribution in [1.29, 1.82) is 0 Å². The van der Waals surface area contributed by atoms with E-state index in [0.29, 0.717) is 5.92 Å². The molecule has 2 bridgehead atoms. The zero-order valence-corrected chi connectivity index (χ0v) is 11.3. The quantitative estimate of drug-likeness (QED) is 0.471. The molecule has 0 aromatic heterocycles. The van der Waals surface area contributed by atoms with Crippen molar-refractivity contribution in [2.45, 2.75) is 38.5 Å². The van der Waals surface area contributed by atoms with Crippen molar-refractivity contribution in [3.8, 4) is 0 Å². The van der Waals surface area contributed by atoms with Crippen LogP contribution in [0.2, 0.25) is 0 Å². The monoisotopic (exact) mass is 321 g/mol. The van der Waals surface area contributed by atoms with Gasteiger partial charge in [-0.05, 0) is 43.4 Å². The normalized spacial score (nSPS) is 33.3. The summed E-state index contributed by atoms with van der Waals surface area (Å²) in [6, 6.07) is 0. The molecule has 0 aliphatic heterocycles. The number of amides is 1. The number of rotatable bonds is 5. The summed E-state index contributed by atoms with van der Waals surface area (Å²) in [5.41, 5.74) is 0. The molecule has 0 heterocycles. The fourth-order valence-corrected chi connectivity index (χ4v) is 3.61. The molecule has 3 unspecified atom stereocenters. The summed E-state index contributed by atoms with van der Waals surface area (Å²) in [6.45, 7) is 0.864. The fourth-order valence-electron chi connectivity index (χ4n) is 3.23. The highest BCUT2D eigenvalue weighted by Gasteiger charge is 2.39. The average Bonchev–Trinajstić information content (AvgIpc) is 2.79. The highest BCUT2D eigenvalue weighted by atomic mass is 127. The molecule has 2 saturated carbocycles. The second kappa shape index (κ2) is 5.51. The van der Waals surface area contributed by atoms with Crippen LogP contribution < -0.4 is 5.32 Å². The van der Waals surface area contributed by atoms with E-state index in [9.17, 15) is 4.79 Å². The van der Waals surface area contributed by atoms with E-state index in [1.54, 1.807) is 0 Å². The summed E-state index contributed by atoms with van der Waals surface area (Å²) in [5.74, 6) is 2.84. The third-order valence-corrected chi connectivity index (χ3v) is 4.73. The number of fused-ring (bicyclic) bond motifs is 2. The van der Waals surface area contributed by atoms with Gasteiger partial charge in [-0.1, -0.05) is 29.0 Å². The smallest absolute Gasteiger partial charge is 0.220 e. The van der Waals surface area contributed by atoms with Gasteiger partial charge in [-0.3, -0.25) is 4.79 Å². The molecule has 0 spiro atoms. The first-order valence-electron chi connectivity index (χ1n) is 6.12. The molecule has 2 aliphatic carbocycles. The van der Waals surface area contributed by atoms with Crippen LogP contribution in [0.1, 0.15) is 38.5 Å². The zero-order valence-electron chi connectivity index (χ0n) is 9.18. The molecule has 1 N–H and O–H groups in total. The molecular weight excluding hydrogens is 301 g/mol. The highest BCUT2D eigenvalue weighted by molar-refractivity contribution is 14.1. The maximum absolute atomic E-state index is 11.6. The van der Waals surface area contributed by atoms with Gasteiger partial charge < -0.3 is 5.32 Å². The van der Waals surface area contributed by atoms with Crippen LogP contribution in [0.3, 0.4) is 0 Å². The largest absolute Gasteiger partial charge is 0.356 e. The number of alkyl halides is 1. The van der Waals surface area contributed by atoms with Crippen LogP contribution in [0.25, 0.3) is 0 Å². The van der Waals surface area contributed by atoms with Crippen molar-refractivity contribution in [3.63, 3.8) is 0 Å². The van der Waals surface area contributed by atoms with Gasteiger partial charge in [0.15, 0.2) is 0 Å². The summed E-state index contributed by atoms with van der Waals surface area (Å²) < 4.78 is 1.13. The van der Waals surface area contributed by atoms with Crippen LogP contribution in [0, 0.1) is 17.8 Å². The van der Waals surface area contributed by atoms with Gasteiger partial charge in [0.1, 0.15) is 0 Å². The van der Waals surface area contributed by atoms with Gasteiger partial charge >= 0.3 is 0 Å². The third-order valence-electron chi connectivity index (χ3n) is 3.96. The summed E-state index contributed by atoms with van der Waals surface area (Å²) in [5, 5.41) is 3.03. The van der Waals surface area contributed by atoms with E-state index in [-0.39, 0.29) is 5.91 Å². The Labute approximate surface area is 106 Å². The van der Waals surface area contributed by atoms with Crippen LogP contribution in [0.4, 0.5) is 0 Å². The lowest BCUT2D eigenvalue weighted by molar-refractivity contribution is -0.122. The predicted molar refractivity (Wildman–Crippen MR) is 70.1 cm³/mol. The van der Waals surface area contributed by atoms with E-state index < -0.39 is 0 Å². The minimum Gasteiger partial charge on any atom is -0.356 e. The highest BCUT2D eigenvalue weighted by Crippen LogP contribution is 2.49. The summed E-state index contributed by atoms with van der Waals surface area (Å²) >= 11 is 2.35.